The van der Waals surface area contributed by atoms with Crippen LogP contribution in [0.2, 0.25) is 15.1 Å². The van der Waals surface area contributed by atoms with Crippen LogP contribution < -0.4 is 0 Å². The number of halogens is 5. The second-order valence-electron chi connectivity index (χ2n) is 6.88. The summed E-state index contributed by atoms with van der Waals surface area (Å²) in [5.41, 5.74) is 0.240. The van der Waals surface area contributed by atoms with E-state index in [1.165, 1.54) is 12.1 Å². The molecule has 0 saturated carbocycles. The fraction of sp³-hybridized carbons (Fsp3) is 0.143. The Morgan fingerprint density at radius 2 is 1.84 bits per heavy atom. The van der Waals surface area contributed by atoms with E-state index >= 15 is 4.39 Å². The molecule has 0 fully saturated rings. The molecular formula is C21H14Cl3F2N3O2. The van der Waals surface area contributed by atoms with Crippen LogP contribution in [0, 0.1) is 11.6 Å². The van der Waals surface area contributed by atoms with Crippen molar-refractivity contribution in [1.82, 2.24) is 14.5 Å². The Bertz CT molecular complexity index is 1190. The third-order valence-electron chi connectivity index (χ3n) is 5.07. The highest BCUT2D eigenvalue weighted by atomic mass is 35.5. The van der Waals surface area contributed by atoms with Gasteiger partial charge in [-0.3, -0.25) is 4.79 Å². The van der Waals surface area contributed by atoms with Gasteiger partial charge in [0, 0.05) is 24.2 Å². The molecule has 2 aromatic carbocycles. The van der Waals surface area contributed by atoms with E-state index in [2.05, 4.69) is 11.6 Å². The summed E-state index contributed by atoms with van der Waals surface area (Å²) in [6.07, 6.45) is 2.84. The average molecular weight is 485 g/mol. The van der Waals surface area contributed by atoms with Crippen molar-refractivity contribution in [3.63, 3.8) is 0 Å². The number of rotatable bonds is 3. The van der Waals surface area contributed by atoms with Gasteiger partial charge in [0.1, 0.15) is 17.4 Å². The first-order valence-corrected chi connectivity index (χ1v) is 10.2. The molecule has 0 bridgehead atoms. The molecule has 31 heavy (non-hydrogen) atoms. The number of benzene rings is 2. The van der Waals surface area contributed by atoms with Gasteiger partial charge in [-0.2, -0.15) is 0 Å². The number of nitrogens with zero attached hydrogens (tertiary/aromatic N) is 3. The van der Waals surface area contributed by atoms with Crippen LogP contribution in [-0.4, -0.2) is 32.0 Å². The lowest BCUT2D eigenvalue weighted by Gasteiger charge is -2.28. The van der Waals surface area contributed by atoms with Crippen molar-refractivity contribution in [1.29, 1.82) is 0 Å². The van der Waals surface area contributed by atoms with Crippen molar-refractivity contribution in [2.75, 3.05) is 6.54 Å². The van der Waals surface area contributed by atoms with Crippen molar-refractivity contribution in [2.24, 2.45) is 0 Å². The summed E-state index contributed by atoms with van der Waals surface area (Å²) in [5, 5.41) is 9.43. The van der Waals surface area contributed by atoms with Crippen molar-refractivity contribution in [3.05, 3.63) is 69.4 Å². The summed E-state index contributed by atoms with van der Waals surface area (Å²) in [5.74, 6) is -2.33. The number of amides is 1. The molecule has 0 atom stereocenters. The molecule has 5 nitrogen and oxygen atoms in total. The van der Waals surface area contributed by atoms with Gasteiger partial charge in [0.25, 0.3) is 0 Å². The maximum absolute atomic E-state index is 15.1. The molecule has 2 heterocycles. The van der Waals surface area contributed by atoms with Crippen LogP contribution in [0.15, 0.2) is 37.1 Å². The monoisotopic (exact) mass is 483 g/mol. The maximum atomic E-state index is 15.1. The quantitative estimate of drug-likeness (QED) is 0.384. The SMILES string of the molecule is C=CC(=O)N1CCn2c(cnc2-c2cc(F)c(-c3c(O)c(Cl)cc(Cl)c3F)c(Cl)c2)C1. The first kappa shape index (κ1) is 21.6. The predicted octanol–water partition coefficient (Wildman–Crippen LogP) is 5.69. The van der Waals surface area contributed by atoms with Gasteiger partial charge in [0.2, 0.25) is 5.91 Å². The second kappa shape index (κ2) is 8.15. The number of carbonyl (C=O) groups is 1. The van der Waals surface area contributed by atoms with E-state index in [9.17, 15) is 14.3 Å². The standard InChI is InChI=1S/C21H14Cl3F2N3O2/c1-2-16(30)28-3-4-29-11(9-28)8-27-21(29)10-5-12(22)17(15(25)6-10)18-19(26)13(23)7-14(24)20(18)31/h2,5-8,31H,1,3-4,9H2. The van der Waals surface area contributed by atoms with E-state index in [0.29, 0.717) is 31.0 Å². The van der Waals surface area contributed by atoms with Crippen LogP contribution in [0.3, 0.4) is 0 Å². The zero-order valence-electron chi connectivity index (χ0n) is 15.8. The van der Waals surface area contributed by atoms with Gasteiger partial charge < -0.3 is 14.6 Å². The molecule has 0 aliphatic carbocycles. The Morgan fingerprint density at radius 1 is 1.10 bits per heavy atom. The minimum atomic E-state index is -1.04. The van der Waals surface area contributed by atoms with E-state index in [1.807, 2.05) is 4.57 Å². The smallest absolute Gasteiger partial charge is 0.246 e. The molecule has 1 amide bonds. The summed E-state index contributed by atoms with van der Waals surface area (Å²) in [7, 11) is 0. The average Bonchev–Trinajstić information content (AvgIpc) is 3.16. The van der Waals surface area contributed by atoms with Crippen LogP contribution in [-0.2, 0) is 17.9 Å². The van der Waals surface area contributed by atoms with Gasteiger partial charge in [-0.25, -0.2) is 13.8 Å². The molecule has 10 heteroatoms. The zero-order chi connectivity index (χ0) is 22.4. The lowest BCUT2D eigenvalue weighted by Crippen LogP contribution is -2.37. The van der Waals surface area contributed by atoms with Crippen LogP contribution in [0.5, 0.6) is 5.75 Å². The van der Waals surface area contributed by atoms with Gasteiger partial charge in [-0.1, -0.05) is 41.4 Å². The van der Waals surface area contributed by atoms with E-state index in [4.69, 9.17) is 34.8 Å². The van der Waals surface area contributed by atoms with Crippen LogP contribution >= 0.6 is 34.8 Å². The maximum Gasteiger partial charge on any atom is 0.246 e. The van der Waals surface area contributed by atoms with Gasteiger partial charge in [0.05, 0.1) is 39.1 Å². The number of phenolic OH excluding ortho intramolecular Hbond substituents is 1. The van der Waals surface area contributed by atoms with Gasteiger partial charge in [-0.05, 0) is 24.3 Å². The first-order valence-electron chi connectivity index (χ1n) is 9.05. The molecule has 0 saturated heterocycles. The van der Waals surface area contributed by atoms with Crippen LogP contribution in [0.4, 0.5) is 8.78 Å². The number of imidazole rings is 1. The van der Waals surface area contributed by atoms with Crippen molar-refractivity contribution >= 4 is 40.7 Å². The number of hydrogen-bond acceptors (Lipinski definition) is 3. The lowest BCUT2D eigenvalue weighted by atomic mass is 10.0. The van der Waals surface area contributed by atoms with Crippen LogP contribution in [0.1, 0.15) is 5.69 Å². The summed E-state index contributed by atoms with van der Waals surface area (Å²) in [6.45, 7) is 4.72. The summed E-state index contributed by atoms with van der Waals surface area (Å²) >= 11 is 18.0. The fourth-order valence-electron chi connectivity index (χ4n) is 3.58. The number of aromatic hydroxyl groups is 1. The molecule has 1 aliphatic heterocycles. The highest BCUT2D eigenvalue weighted by molar-refractivity contribution is 6.37. The van der Waals surface area contributed by atoms with Gasteiger partial charge in [0.15, 0.2) is 5.82 Å². The molecule has 160 valence electrons. The Balaban J connectivity index is 1.78. The molecular weight excluding hydrogens is 471 g/mol. The number of aromatic nitrogens is 2. The first-order chi connectivity index (χ1) is 14.7. The summed E-state index contributed by atoms with van der Waals surface area (Å²) in [6, 6.07) is 3.59. The Labute approximate surface area is 191 Å². The summed E-state index contributed by atoms with van der Waals surface area (Å²) in [4.78, 5) is 17.8. The third kappa shape index (κ3) is 3.67. The van der Waals surface area contributed by atoms with Crippen molar-refractivity contribution in [3.8, 4) is 28.3 Å². The number of phenols is 1. The largest absolute Gasteiger partial charge is 0.506 e. The van der Waals surface area contributed by atoms with E-state index in [1.54, 1.807) is 11.1 Å². The molecule has 1 aromatic heterocycles. The van der Waals surface area contributed by atoms with E-state index < -0.39 is 22.9 Å². The number of hydrogen-bond donors (Lipinski definition) is 1. The summed E-state index contributed by atoms with van der Waals surface area (Å²) < 4.78 is 31.5. The lowest BCUT2D eigenvalue weighted by molar-refractivity contribution is -0.127. The van der Waals surface area contributed by atoms with Gasteiger partial charge in [-0.15, -0.1) is 0 Å². The molecule has 4 rings (SSSR count). The Morgan fingerprint density at radius 3 is 2.52 bits per heavy atom. The number of fused-ring (bicyclic) bond motifs is 1. The fourth-order valence-corrected chi connectivity index (χ4v) is 4.35. The highest BCUT2D eigenvalue weighted by Gasteiger charge is 2.26. The molecule has 1 N–H and O–H groups in total. The Hall–Kier alpha value is -2.61. The van der Waals surface area contributed by atoms with E-state index in [-0.39, 0.29) is 26.5 Å². The zero-order valence-corrected chi connectivity index (χ0v) is 18.1. The van der Waals surface area contributed by atoms with Gasteiger partial charge >= 0.3 is 0 Å². The molecule has 0 unspecified atom stereocenters. The van der Waals surface area contributed by atoms with Crippen LogP contribution in [0.25, 0.3) is 22.5 Å². The molecule has 0 spiro atoms. The second-order valence-corrected chi connectivity index (χ2v) is 8.10. The molecule has 3 aromatic rings. The molecule has 1 aliphatic rings. The normalized spacial score (nSPS) is 13.3. The van der Waals surface area contributed by atoms with E-state index in [0.717, 1.165) is 17.8 Å². The van der Waals surface area contributed by atoms with Crippen molar-refractivity contribution in [2.45, 2.75) is 13.1 Å². The Kier molecular flexibility index (Phi) is 5.68. The number of carbonyl (C=O) groups excluding carboxylic acids is 1. The minimum Gasteiger partial charge on any atom is -0.506 e. The highest BCUT2D eigenvalue weighted by Crippen LogP contribution is 2.45. The predicted molar refractivity (Wildman–Crippen MR) is 115 cm³/mol. The molecule has 0 radical (unpaired) electrons. The minimum absolute atomic E-state index is 0.154. The third-order valence-corrected chi connectivity index (χ3v) is 5.93. The van der Waals surface area contributed by atoms with Crippen molar-refractivity contribution < 1.29 is 18.7 Å². The topological polar surface area (TPSA) is 58.4 Å².